The molecule has 16 heavy (non-hydrogen) atoms. The van der Waals surface area contributed by atoms with Crippen LogP contribution in [0.1, 0.15) is 39.5 Å². The van der Waals surface area contributed by atoms with Gasteiger partial charge in [0.1, 0.15) is 0 Å². The second-order valence-corrected chi connectivity index (χ2v) is 5.16. The van der Waals surface area contributed by atoms with Gasteiger partial charge in [-0.3, -0.25) is 4.79 Å². The molecule has 0 heterocycles. The summed E-state index contributed by atoms with van der Waals surface area (Å²) in [7, 11) is 0. The van der Waals surface area contributed by atoms with Crippen molar-refractivity contribution >= 4 is 5.91 Å². The Kier molecular flexibility index (Phi) is 4.54. The fraction of sp³-hybridized carbons (Fsp3) is 0.769. The molecular formula is C13H24N2O. The molecule has 1 rings (SSSR count). The SMILES string of the molecule is C=CCN(C(=O)CC1(CN)CCC1)C(C)C. The van der Waals surface area contributed by atoms with E-state index in [1.54, 1.807) is 6.08 Å². The maximum Gasteiger partial charge on any atom is 0.223 e. The summed E-state index contributed by atoms with van der Waals surface area (Å²) < 4.78 is 0. The van der Waals surface area contributed by atoms with Gasteiger partial charge in [0, 0.05) is 19.0 Å². The van der Waals surface area contributed by atoms with E-state index in [0.29, 0.717) is 19.5 Å². The van der Waals surface area contributed by atoms with E-state index in [1.165, 1.54) is 6.42 Å². The van der Waals surface area contributed by atoms with Gasteiger partial charge in [-0.25, -0.2) is 0 Å². The second-order valence-electron chi connectivity index (χ2n) is 5.16. The van der Waals surface area contributed by atoms with Crippen molar-refractivity contribution in [3.8, 4) is 0 Å². The zero-order chi connectivity index (χ0) is 12.2. The van der Waals surface area contributed by atoms with Gasteiger partial charge in [-0.15, -0.1) is 6.58 Å². The monoisotopic (exact) mass is 224 g/mol. The van der Waals surface area contributed by atoms with Gasteiger partial charge in [0.15, 0.2) is 0 Å². The van der Waals surface area contributed by atoms with Crippen molar-refractivity contribution in [2.24, 2.45) is 11.1 Å². The Bertz CT molecular complexity index is 251. The van der Waals surface area contributed by atoms with Crippen LogP contribution >= 0.6 is 0 Å². The minimum Gasteiger partial charge on any atom is -0.337 e. The van der Waals surface area contributed by atoms with Gasteiger partial charge in [-0.1, -0.05) is 12.5 Å². The molecule has 0 aromatic heterocycles. The molecule has 3 nitrogen and oxygen atoms in total. The van der Waals surface area contributed by atoms with E-state index < -0.39 is 0 Å². The largest absolute Gasteiger partial charge is 0.337 e. The molecule has 1 saturated carbocycles. The number of rotatable bonds is 6. The van der Waals surface area contributed by atoms with E-state index >= 15 is 0 Å². The highest BCUT2D eigenvalue weighted by atomic mass is 16.2. The van der Waals surface area contributed by atoms with E-state index in [0.717, 1.165) is 12.8 Å². The minimum atomic E-state index is 0.103. The molecule has 0 aromatic carbocycles. The Balaban J connectivity index is 2.57. The maximum atomic E-state index is 12.2. The Morgan fingerprint density at radius 1 is 1.56 bits per heavy atom. The fourth-order valence-corrected chi connectivity index (χ4v) is 2.29. The molecule has 3 heteroatoms. The zero-order valence-electron chi connectivity index (χ0n) is 10.5. The molecule has 0 atom stereocenters. The number of nitrogens with two attached hydrogens (primary N) is 1. The van der Waals surface area contributed by atoms with Gasteiger partial charge in [0.2, 0.25) is 5.91 Å². The average Bonchev–Trinajstić information content (AvgIpc) is 2.19. The molecule has 0 spiro atoms. The van der Waals surface area contributed by atoms with Crippen molar-refractivity contribution in [2.45, 2.75) is 45.6 Å². The summed E-state index contributed by atoms with van der Waals surface area (Å²) in [6.45, 7) is 9.05. The molecular weight excluding hydrogens is 200 g/mol. The van der Waals surface area contributed by atoms with Crippen LogP contribution in [-0.4, -0.2) is 29.9 Å². The van der Waals surface area contributed by atoms with Crippen LogP contribution < -0.4 is 5.73 Å². The summed E-state index contributed by atoms with van der Waals surface area (Å²) in [5.74, 6) is 0.222. The van der Waals surface area contributed by atoms with Crippen LogP contribution in [0.4, 0.5) is 0 Å². The number of carbonyl (C=O) groups is 1. The van der Waals surface area contributed by atoms with Gasteiger partial charge in [0.25, 0.3) is 0 Å². The average molecular weight is 224 g/mol. The Hall–Kier alpha value is -0.830. The number of amides is 1. The van der Waals surface area contributed by atoms with Gasteiger partial charge in [0.05, 0.1) is 0 Å². The standard InChI is InChI=1S/C13H24N2O/c1-4-8-15(11(2)3)12(16)9-13(10-14)6-5-7-13/h4,11H,1,5-10,14H2,2-3H3. The third-order valence-corrected chi connectivity index (χ3v) is 3.64. The number of nitrogens with zero attached hydrogens (tertiary/aromatic N) is 1. The van der Waals surface area contributed by atoms with E-state index in [4.69, 9.17) is 5.73 Å². The Morgan fingerprint density at radius 2 is 2.19 bits per heavy atom. The minimum absolute atomic E-state index is 0.103. The molecule has 1 aliphatic rings. The Labute approximate surface area is 98.7 Å². The predicted molar refractivity (Wildman–Crippen MR) is 67.0 cm³/mol. The second kappa shape index (κ2) is 5.48. The first-order valence-electron chi connectivity index (χ1n) is 6.15. The summed E-state index contributed by atoms with van der Waals surface area (Å²) >= 11 is 0. The molecule has 0 aliphatic heterocycles. The van der Waals surface area contributed by atoms with Gasteiger partial charge in [-0.2, -0.15) is 0 Å². The van der Waals surface area contributed by atoms with Crippen molar-refractivity contribution in [2.75, 3.05) is 13.1 Å². The molecule has 1 aliphatic carbocycles. The number of carbonyl (C=O) groups excluding carboxylic acids is 1. The zero-order valence-corrected chi connectivity index (χ0v) is 10.5. The predicted octanol–water partition coefficient (Wildman–Crippen LogP) is 1.93. The summed E-state index contributed by atoms with van der Waals surface area (Å²) in [6, 6.07) is 0.236. The maximum absolute atomic E-state index is 12.2. The molecule has 1 amide bonds. The molecule has 1 fully saturated rings. The quantitative estimate of drug-likeness (QED) is 0.701. The van der Waals surface area contributed by atoms with Crippen molar-refractivity contribution in [3.63, 3.8) is 0 Å². The van der Waals surface area contributed by atoms with E-state index in [2.05, 4.69) is 6.58 Å². The molecule has 0 saturated heterocycles. The number of hydrogen-bond acceptors (Lipinski definition) is 2. The van der Waals surface area contributed by atoms with Crippen LogP contribution in [-0.2, 0) is 4.79 Å². The lowest BCUT2D eigenvalue weighted by Gasteiger charge is -2.42. The molecule has 0 radical (unpaired) electrons. The Morgan fingerprint density at radius 3 is 2.50 bits per heavy atom. The molecule has 0 unspecified atom stereocenters. The highest BCUT2D eigenvalue weighted by Gasteiger charge is 2.38. The molecule has 2 N–H and O–H groups in total. The highest BCUT2D eigenvalue weighted by molar-refractivity contribution is 5.77. The number of hydrogen-bond donors (Lipinski definition) is 1. The van der Waals surface area contributed by atoms with Crippen LogP contribution in [0.15, 0.2) is 12.7 Å². The lowest BCUT2D eigenvalue weighted by Crippen LogP contribution is -2.45. The molecule has 92 valence electrons. The summed E-state index contributed by atoms with van der Waals surface area (Å²) in [6.07, 6.45) is 5.82. The van der Waals surface area contributed by atoms with Crippen LogP contribution in [0.3, 0.4) is 0 Å². The summed E-state index contributed by atoms with van der Waals surface area (Å²) in [5, 5.41) is 0. The van der Waals surface area contributed by atoms with Gasteiger partial charge >= 0.3 is 0 Å². The first kappa shape index (κ1) is 13.2. The summed E-state index contributed by atoms with van der Waals surface area (Å²) in [4.78, 5) is 14.0. The van der Waals surface area contributed by atoms with Crippen LogP contribution in [0.2, 0.25) is 0 Å². The van der Waals surface area contributed by atoms with Crippen molar-refractivity contribution in [3.05, 3.63) is 12.7 Å². The topological polar surface area (TPSA) is 46.3 Å². The lowest BCUT2D eigenvalue weighted by molar-refractivity contribution is -0.136. The highest BCUT2D eigenvalue weighted by Crippen LogP contribution is 2.43. The first-order chi connectivity index (χ1) is 7.54. The van der Waals surface area contributed by atoms with E-state index in [9.17, 15) is 4.79 Å². The third-order valence-electron chi connectivity index (χ3n) is 3.64. The van der Waals surface area contributed by atoms with E-state index in [-0.39, 0.29) is 17.4 Å². The van der Waals surface area contributed by atoms with Crippen molar-refractivity contribution in [1.82, 2.24) is 4.90 Å². The third kappa shape index (κ3) is 2.85. The molecule has 0 aromatic rings. The van der Waals surface area contributed by atoms with Crippen LogP contribution in [0.5, 0.6) is 0 Å². The van der Waals surface area contributed by atoms with Gasteiger partial charge < -0.3 is 10.6 Å². The van der Waals surface area contributed by atoms with E-state index in [1.807, 2.05) is 18.7 Å². The van der Waals surface area contributed by atoms with Crippen LogP contribution in [0, 0.1) is 5.41 Å². The summed E-state index contributed by atoms with van der Waals surface area (Å²) in [5.41, 5.74) is 5.88. The first-order valence-corrected chi connectivity index (χ1v) is 6.15. The fourth-order valence-electron chi connectivity index (χ4n) is 2.29. The van der Waals surface area contributed by atoms with Crippen molar-refractivity contribution in [1.29, 1.82) is 0 Å². The molecule has 0 bridgehead atoms. The lowest BCUT2D eigenvalue weighted by atomic mass is 9.66. The normalized spacial score (nSPS) is 18.0. The van der Waals surface area contributed by atoms with Gasteiger partial charge in [-0.05, 0) is 38.6 Å². The smallest absolute Gasteiger partial charge is 0.223 e. The van der Waals surface area contributed by atoms with Crippen molar-refractivity contribution < 1.29 is 4.79 Å². The van der Waals surface area contributed by atoms with Crippen LogP contribution in [0.25, 0.3) is 0 Å².